The molecule has 0 aromatic heterocycles. The minimum atomic E-state index is -0.261. The number of rotatable bonds is 2. The molecule has 2 aliphatic rings. The van der Waals surface area contributed by atoms with Crippen molar-refractivity contribution in [1.29, 1.82) is 0 Å². The van der Waals surface area contributed by atoms with E-state index in [1.54, 1.807) is 4.90 Å². The molecule has 2 amide bonds. The number of nitrogens with zero attached hydrogens (tertiary/aromatic N) is 2. The molecule has 2 aromatic carbocycles. The van der Waals surface area contributed by atoms with Gasteiger partial charge in [0.15, 0.2) is 0 Å². The van der Waals surface area contributed by atoms with Gasteiger partial charge in [0.2, 0.25) is 11.8 Å². The van der Waals surface area contributed by atoms with E-state index >= 15 is 0 Å². The van der Waals surface area contributed by atoms with Crippen LogP contribution in [-0.2, 0) is 16.0 Å². The summed E-state index contributed by atoms with van der Waals surface area (Å²) in [6.45, 7) is 3.18. The zero-order valence-electron chi connectivity index (χ0n) is 13.7. The molecule has 4 nitrogen and oxygen atoms in total. The number of hydrogen-bond donors (Lipinski definition) is 0. The zero-order valence-corrected chi connectivity index (χ0v) is 13.7. The number of benzene rings is 2. The Morgan fingerprint density at radius 1 is 1.04 bits per heavy atom. The van der Waals surface area contributed by atoms with Gasteiger partial charge in [-0.25, -0.2) is 0 Å². The molecule has 0 bridgehead atoms. The predicted molar refractivity (Wildman–Crippen MR) is 94.1 cm³/mol. The molecule has 1 saturated heterocycles. The van der Waals surface area contributed by atoms with Crippen LogP contribution < -0.4 is 9.80 Å². The molecule has 0 N–H and O–H groups in total. The highest BCUT2D eigenvalue weighted by molar-refractivity contribution is 6.05. The minimum absolute atomic E-state index is 0.0372. The Bertz CT molecular complexity index is 815. The summed E-state index contributed by atoms with van der Waals surface area (Å²) in [5.41, 5.74) is 4.19. The van der Waals surface area contributed by atoms with Crippen LogP contribution in [0, 0.1) is 12.8 Å². The number of carbonyl (C=O) groups excluding carboxylic acids is 2. The van der Waals surface area contributed by atoms with Crippen LogP contribution in [0.3, 0.4) is 0 Å². The summed E-state index contributed by atoms with van der Waals surface area (Å²) in [4.78, 5) is 29.0. The summed E-state index contributed by atoms with van der Waals surface area (Å²) >= 11 is 0. The van der Waals surface area contributed by atoms with Crippen molar-refractivity contribution in [2.75, 3.05) is 22.9 Å². The molecule has 0 radical (unpaired) electrons. The number of carbonyl (C=O) groups is 2. The lowest BCUT2D eigenvalue weighted by atomic mass is 10.1. The van der Waals surface area contributed by atoms with Gasteiger partial charge in [0.1, 0.15) is 0 Å². The molecule has 1 atom stereocenters. The Labute approximate surface area is 141 Å². The van der Waals surface area contributed by atoms with E-state index in [1.807, 2.05) is 54.3 Å². The second-order valence-corrected chi connectivity index (χ2v) is 6.56. The van der Waals surface area contributed by atoms with Gasteiger partial charge in [-0.3, -0.25) is 9.59 Å². The van der Waals surface area contributed by atoms with E-state index in [2.05, 4.69) is 6.07 Å². The van der Waals surface area contributed by atoms with Crippen LogP contribution in [0.5, 0.6) is 0 Å². The average Bonchev–Trinajstić information content (AvgIpc) is 3.18. The smallest absolute Gasteiger partial charge is 0.232 e. The lowest BCUT2D eigenvalue weighted by molar-refractivity contribution is -0.124. The second kappa shape index (κ2) is 5.78. The Kier molecular flexibility index (Phi) is 3.60. The molecule has 24 heavy (non-hydrogen) atoms. The lowest BCUT2D eigenvalue weighted by Crippen LogP contribution is -2.36. The predicted octanol–water partition coefficient (Wildman–Crippen LogP) is 2.94. The fourth-order valence-electron chi connectivity index (χ4n) is 3.76. The molecule has 122 valence electrons. The zero-order chi connectivity index (χ0) is 16.7. The quantitative estimate of drug-likeness (QED) is 0.853. The van der Waals surface area contributed by atoms with E-state index in [4.69, 9.17) is 0 Å². The number of aryl methyl sites for hydroxylation is 1. The maximum absolute atomic E-state index is 13.0. The molecule has 2 aliphatic heterocycles. The van der Waals surface area contributed by atoms with Crippen molar-refractivity contribution in [1.82, 2.24) is 0 Å². The third-order valence-electron chi connectivity index (χ3n) is 5.03. The molecule has 0 saturated carbocycles. The van der Waals surface area contributed by atoms with Gasteiger partial charge in [0.25, 0.3) is 0 Å². The largest absolute Gasteiger partial charge is 0.312 e. The van der Waals surface area contributed by atoms with Crippen LogP contribution in [-0.4, -0.2) is 24.9 Å². The van der Waals surface area contributed by atoms with Gasteiger partial charge >= 0.3 is 0 Å². The molecule has 2 aromatic rings. The minimum Gasteiger partial charge on any atom is -0.312 e. The van der Waals surface area contributed by atoms with Crippen molar-refractivity contribution in [2.24, 2.45) is 5.92 Å². The average molecular weight is 320 g/mol. The van der Waals surface area contributed by atoms with Gasteiger partial charge in [-0.2, -0.15) is 0 Å². The van der Waals surface area contributed by atoms with Crippen molar-refractivity contribution in [3.05, 3.63) is 59.7 Å². The first-order valence-electron chi connectivity index (χ1n) is 8.40. The fraction of sp³-hybridized carbons (Fsp3) is 0.300. The molecule has 0 aliphatic carbocycles. The van der Waals surface area contributed by atoms with Crippen LogP contribution in [0.1, 0.15) is 17.5 Å². The number of amides is 2. The normalized spacial score (nSPS) is 19.7. The molecule has 1 fully saturated rings. The van der Waals surface area contributed by atoms with Crippen LogP contribution in [0.4, 0.5) is 11.4 Å². The topological polar surface area (TPSA) is 40.6 Å². The Morgan fingerprint density at radius 3 is 2.54 bits per heavy atom. The lowest BCUT2D eigenvalue weighted by Gasteiger charge is -2.22. The van der Waals surface area contributed by atoms with E-state index in [1.165, 1.54) is 5.56 Å². The molecular weight excluding hydrogens is 300 g/mol. The molecule has 0 spiro atoms. The van der Waals surface area contributed by atoms with Crippen molar-refractivity contribution in [2.45, 2.75) is 19.8 Å². The van der Waals surface area contributed by atoms with E-state index in [0.29, 0.717) is 19.5 Å². The Hall–Kier alpha value is -2.62. The first-order chi connectivity index (χ1) is 11.6. The van der Waals surface area contributed by atoms with Crippen molar-refractivity contribution >= 4 is 23.2 Å². The Morgan fingerprint density at radius 2 is 1.75 bits per heavy atom. The first-order valence-corrected chi connectivity index (χ1v) is 8.40. The summed E-state index contributed by atoms with van der Waals surface area (Å²) < 4.78 is 0. The van der Waals surface area contributed by atoms with Gasteiger partial charge in [0, 0.05) is 30.9 Å². The highest BCUT2D eigenvalue weighted by Gasteiger charge is 2.39. The summed E-state index contributed by atoms with van der Waals surface area (Å²) in [7, 11) is 0. The van der Waals surface area contributed by atoms with Crippen LogP contribution in [0.2, 0.25) is 0 Å². The fourth-order valence-corrected chi connectivity index (χ4v) is 3.76. The maximum atomic E-state index is 13.0. The summed E-state index contributed by atoms with van der Waals surface area (Å²) in [6.07, 6.45) is 1.19. The van der Waals surface area contributed by atoms with Crippen molar-refractivity contribution in [3.63, 3.8) is 0 Å². The van der Waals surface area contributed by atoms with Gasteiger partial charge in [0.05, 0.1) is 5.92 Å². The van der Waals surface area contributed by atoms with E-state index in [9.17, 15) is 9.59 Å². The number of hydrogen-bond acceptors (Lipinski definition) is 2. The molecule has 2 heterocycles. The molecule has 4 rings (SSSR count). The van der Waals surface area contributed by atoms with E-state index in [-0.39, 0.29) is 17.7 Å². The maximum Gasteiger partial charge on any atom is 0.232 e. The number of anilines is 2. The standard InChI is InChI=1S/C20H20N2O2/c1-14-6-2-4-8-17(14)22-13-16(12-19(22)23)20(24)21-11-10-15-7-3-5-9-18(15)21/h2-9,16H,10-13H2,1H3. The summed E-state index contributed by atoms with van der Waals surface area (Å²) in [5, 5.41) is 0. The van der Waals surface area contributed by atoms with Crippen LogP contribution in [0.15, 0.2) is 48.5 Å². The monoisotopic (exact) mass is 320 g/mol. The second-order valence-electron chi connectivity index (χ2n) is 6.56. The van der Waals surface area contributed by atoms with Crippen LogP contribution >= 0.6 is 0 Å². The highest BCUT2D eigenvalue weighted by atomic mass is 16.2. The van der Waals surface area contributed by atoms with Gasteiger partial charge in [-0.15, -0.1) is 0 Å². The van der Waals surface area contributed by atoms with Crippen molar-refractivity contribution < 1.29 is 9.59 Å². The number of fused-ring (bicyclic) bond motifs is 1. The van der Waals surface area contributed by atoms with Gasteiger partial charge in [-0.1, -0.05) is 36.4 Å². The van der Waals surface area contributed by atoms with Gasteiger partial charge < -0.3 is 9.80 Å². The Balaban J connectivity index is 1.56. The van der Waals surface area contributed by atoms with Crippen LogP contribution in [0.25, 0.3) is 0 Å². The van der Waals surface area contributed by atoms with Gasteiger partial charge in [-0.05, 0) is 36.6 Å². The summed E-state index contributed by atoms with van der Waals surface area (Å²) in [6, 6.07) is 15.9. The molecule has 1 unspecified atom stereocenters. The third-order valence-corrected chi connectivity index (χ3v) is 5.03. The third kappa shape index (κ3) is 2.39. The SMILES string of the molecule is Cc1ccccc1N1CC(C(=O)N2CCc3ccccc32)CC1=O. The van der Waals surface area contributed by atoms with Crippen molar-refractivity contribution in [3.8, 4) is 0 Å². The molecular formula is C20H20N2O2. The summed E-state index contributed by atoms with van der Waals surface area (Å²) in [5.74, 6) is -0.150. The van der Waals surface area contributed by atoms with E-state index in [0.717, 1.165) is 23.4 Å². The number of para-hydroxylation sites is 2. The highest BCUT2D eigenvalue weighted by Crippen LogP contribution is 2.33. The first kappa shape index (κ1) is 14.9. The molecule has 4 heteroatoms. The van der Waals surface area contributed by atoms with E-state index < -0.39 is 0 Å².